The zero-order valence-electron chi connectivity index (χ0n) is 12.6. The molecule has 4 rings (SSSR count). The van der Waals surface area contributed by atoms with Gasteiger partial charge < -0.3 is 0 Å². The highest BCUT2D eigenvalue weighted by Crippen LogP contribution is 2.44. The van der Waals surface area contributed by atoms with Crippen LogP contribution in [-0.2, 0) is 11.2 Å². The van der Waals surface area contributed by atoms with E-state index in [1.54, 1.807) is 0 Å². The summed E-state index contributed by atoms with van der Waals surface area (Å²) in [6.45, 7) is 5.68. The fraction of sp³-hybridized carbons (Fsp3) is 0.611. The first-order chi connectivity index (χ1) is 9.70. The maximum atomic E-state index is 12.7. The molecule has 0 N–H and O–H groups in total. The lowest BCUT2D eigenvalue weighted by atomic mass is 9.67. The van der Waals surface area contributed by atoms with Gasteiger partial charge in [0.2, 0.25) is 0 Å². The molecule has 3 atom stereocenters. The minimum Gasteiger partial charge on any atom is -0.298 e. The molecule has 0 amide bonds. The highest BCUT2D eigenvalue weighted by molar-refractivity contribution is 5.88. The number of nitrogens with zero attached hydrogens (tertiary/aromatic N) is 1. The third kappa shape index (κ3) is 2.10. The van der Waals surface area contributed by atoms with Crippen molar-refractivity contribution in [3.63, 3.8) is 0 Å². The molecule has 1 aromatic rings. The van der Waals surface area contributed by atoms with Crippen LogP contribution in [0, 0.1) is 5.92 Å². The summed E-state index contributed by atoms with van der Waals surface area (Å²) in [7, 11) is 0. The van der Waals surface area contributed by atoms with Crippen LogP contribution in [0.4, 0.5) is 0 Å². The first kappa shape index (κ1) is 13.8. The van der Waals surface area contributed by atoms with E-state index in [2.05, 4.69) is 43.0 Å². The summed E-state index contributed by atoms with van der Waals surface area (Å²) in [6.07, 6.45) is 5.38. The molecule has 108 valence electrons. The molecule has 2 nitrogen and oxygen atoms in total. The Labute approximate surface area is 122 Å². The summed E-state index contributed by atoms with van der Waals surface area (Å²) in [5, 5.41) is 0. The molecule has 0 aromatic heterocycles. The molecule has 1 aromatic carbocycles. The van der Waals surface area contributed by atoms with E-state index < -0.39 is 0 Å². The van der Waals surface area contributed by atoms with Crippen LogP contribution in [0.2, 0.25) is 0 Å². The molecule has 0 saturated carbocycles. The Balaban J connectivity index is 1.88. The quantitative estimate of drug-likeness (QED) is 0.836. The Kier molecular flexibility index (Phi) is 3.68. The molecule has 20 heavy (non-hydrogen) atoms. The molecule has 2 heteroatoms. The molecule has 0 spiro atoms. The molecule has 0 aliphatic carbocycles. The van der Waals surface area contributed by atoms with E-state index in [4.69, 9.17) is 0 Å². The van der Waals surface area contributed by atoms with Gasteiger partial charge in [-0.15, -0.1) is 0 Å². The van der Waals surface area contributed by atoms with Crippen molar-refractivity contribution >= 4 is 5.78 Å². The average molecular weight is 271 g/mol. The normalized spacial score (nSPS) is 31.5. The van der Waals surface area contributed by atoms with Crippen LogP contribution in [-0.4, -0.2) is 28.8 Å². The summed E-state index contributed by atoms with van der Waals surface area (Å²) in [5.41, 5.74) is 1.57. The summed E-state index contributed by atoms with van der Waals surface area (Å²) >= 11 is 0. The number of ketones is 1. The first-order valence-corrected chi connectivity index (χ1v) is 8.04. The molecular weight excluding hydrogens is 246 g/mol. The van der Waals surface area contributed by atoms with Crippen LogP contribution in [0.25, 0.3) is 0 Å². The number of fused-ring (bicyclic) bond motifs is 3. The highest BCUT2D eigenvalue weighted by atomic mass is 16.1. The Morgan fingerprint density at radius 3 is 2.55 bits per heavy atom. The van der Waals surface area contributed by atoms with Gasteiger partial charge in [-0.1, -0.05) is 44.2 Å². The maximum Gasteiger partial charge on any atom is 0.153 e. The van der Waals surface area contributed by atoms with Crippen LogP contribution < -0.4 is 0 Å². The summed E-state index contributed by atoms with van der Waals surface area (Å²) < 4.78 is 0. The number of hydrogen-bond acceptors (Lipinski definition) is 2. The lowest BCUT2D eigenvalue weighted by Crippen LogP contribution is -2.67. The zero-order chi connectivity index (χ0) is 14.2. The number of rotatable bonds is 4. The van der Waals surface area contributed by atoms with Crippen molar-refractivity contribution in [1.29, 1.82) is 0 Å². The number of carbonyl (C=O) groups excluding carboxylic acids is 1. The number of benzene rings is 1. The van der Waals surface area contributed by atoms with Gasteiger partial charge in [-0.2, -0.15) is 0 Å². The lowest BCUT2D eigenvalue weighted by molar-refractivity contribution is -0.150. The number of piperidine rings is 3. The Morgan fingerprint density at radius 1 is 1.20 bits per heavy atom. The van der Waals surface area contributed by atoms with Crippen LogP contribution in [0.3, 0.4) is 0 Å². The maximum absolute atomic E-state index is 12.7. The second-order valence-electron chi connectivity index (χ2n) is 6.42. The van der Waals surface area contributed by atoms with Crippen molar-refractivity contribution in [2.45, 2.75) is 57.5 Å². The monoisotopic (exact) mass is 271 g/mol. The molecule has 3 aliphatic rings. The first-order valence-electron chi connectivity index (χ1n) is 8.04. The van der Waals surface area contributed by atoms with Crippen molar-refractivity contribution in [2.24, 2.45) is 5.92 Å². The third-order valence-electron chi connectivity index (χ3n) is 5.65. The van der Waals surface area contributed by atoms with Crippen molar-refractivity contribution in [2.75, 3.05) is 6.54 Å². The lowest BCUT2D eigenvalue weighted by Gasteiger charge is -2.57. The zero-order valence-corrected chi connectivity index (χ0v) is 12.6. The van der Waals surface area contributed by atoms with Crippen molar-refractivity contribution in [3.05, 3.63) is 35.9 Å². The fourth-order valence-electron chi connectivity index (χ4n) is 4.36. The second-order valence-corrected chi connectivity index (χ2v) is 6.42. The van der Waals surface area contributed by atoms with E-state index in [9.17, 15) is 4.79 Å². The minimum absolute atomic E-state index is 0.116. The van der Waals surface area contributed by atoms with E-state index >= 15 is 0 Å². The van der Waals surface area contributed by atoms with E-state index in [-0.39, 0.29) is 11.6 Å². The van der Waals surface area contributed by atoms with Crippen LogP contribution >= 0.6 is 0 Å². The van der Waals surface area contributed by atoms with E-state index in [1.165, 1.54) is 18.4 Å². The predicted molar refractivity (Wildman–Crippen MR) is 81.7 cm³/mol. The Morgan fingerprint density at radius 2 is 1.90 bits per heavy atom. The standard InChI is InChI=1S/C18H25NO/c1-3-18(4-2)13-15-10-11-19(18)16(17(15)20)12-14-8-6-5-7-9-14/h5-9,15-16H,3-4,10-13H2,1-2H3. The summed E-state index contributed by atoms with van der Waals surface area (Å²) in [6, 6.07) is 10.6. The van der Waals surface area contributed by atoms with Gasteiger partial charge in [-0.25, -0.2) is 0 Å². The van der Waals surface area contributed by atoms with Crippen LogP contribution in [0.1, 0.15) is 45.1 Å². The number of carbonyl (C=O) groups is 1. The predicted octanol–water partition coefficient (Wildman–Crippen LogP) is 3.45. The van der Waals surface area contributed by atoms with Crippen molar-refractivity contribution in [1.82, 2.24) is 4.90 Å². The van der Waals surface area contributed by atoms with E-state index in [1.807, 2.05) is 6.07 Å². The topological polar surface area (TPSA) is 20.3 Å². The van der Waals surface area contributed by atoms with Gasteiger partial charge in [0.25, 0.3) is 0 Å². The smallest absolute Gasteiger partial charge is 0.153 e. The Bertz CT molecular complexity index is 477. The molecule has 3 heterocycles. The van der Waals surface area contributed by atoms with Gasteiger partial charge in [-0.05, 0) is 37.7 Å². The van der Waals surface area contributed by atoms with Gasteiger partial charge >= 0.3 is 0 Å². The van der Waals surface area contributed by atoms with Crippen LogP contribution in [0.5, 0.6) is 0 Å². The second kappa shape index (κ2) is 5.33. The molecule has 0 radical (unpaired) electrons. The fourth-order valence-corrected chi connectivity index (χ4v) is 4.36. The molecule has 3 unspecified atom stereocenters. The van der Waals surface area contributed by atoms with Gasteiger partial charge in [0.1, 0.15) is 0 Å². The van der Waals surface area contributed by atoms with E-state index in [0.717, 1.165) is 25.8 Å². The average Bonchev–Trinajstić information content (AvgIpc) is 2.51. The Hall–Kier alpha value is -1.15. The molecule has 3 aliphatic heterocycles. The number of Topliss-reactive ketones (excluding diaryl/α,β-unsaturated/α-hetero) is 1. The van der Waals surface area contributed by atoms with Crippen molar-refractivity contribution < 1.29 is 4.79 Å². The van der Waals surface area contributed by atoms with Gasteiger partial charge in [0, 0.05) is 18.0 Å². The highest BCUT2D eigenvalue weighted by Gasteiger charge is 2.52. The summed E-state index contributed by atoms with van der Waals surface area (Å²) in [5.74, 6) is 0.811. The SMILES string of the molecule is CCC1(CC)CC2CCN1C(Cc1ccccc1)C2=O. The molecule has 2 bridgehead atoms. The molecular formula is C18H25NO. The van der Waals surface area contributed by atoms with E-state index in [0.29, 0.717) is 11.7 Å². The largest absolute Gasteiger partial charge is 0.298 e. The minimum atomic E-state index is 0.116. The third-order valence-corrected chi connectivity index (χ3v) is 5.65. The molecule has 3 saturated heterocycles. The van der Waals surface area contributed by atoms with Gasteiger partial charge in [0.05, 0.1) is 6.04 Å². The number of hydrogen-bond donors (Lipinski definition) is 0. The molecule has 3 fully saturated rings. The van der Waals surface area contributed by atoms with Crippen LogP contribution in [0.15, 0.2) is 30.3 Å². The van der Waals surface area contributed by atoms with Gasteiger partial charge in [-0.3, -0.25) is 9.69 Å². The van der Waals surface area contributed by atoms with Crippen molar-refractivity contribution in [3.8, 4) is 0 Å². The summed E-state index contributed by atoms with van der Waals surface area (Å²) in [4.78, 5) is 15.2. The van der Waals surface area contributed by atoms with Gasteiger partial charge in [0.15, 0.2) is 5.78 Å².